The first kappa shape index (κ1) is 15.9. The van der Waals surface area contributed by atoms with E-state index in [-0.39, 0.29) is 11.8 Å². The van der Waals surface area contributed by atoms with Crippen molar-refractivity contribution in [3.63, 3.8) is 0 Å². The molecule has 5 heteroatoms. The van der Waals surface area contributed by atoms with Crippen molar-refractivity contribution in [1.82, 2.24) is 5.32 Å². The molecule has 1 heterocycles. The number of benzene rings is 1. The molecule has 0 radical (unpaired) electrons. The predicted octanol–water partition coefficient (Wildman–Crippen LogP) is 4.76. The van der Waals surface area contributed by atoms with Crippen LogP contribution in [0.5, 0.6) is 5.75 Å². The molecule has 0 spiro atoms. The summed E-state index contributed by atoms with van der Waals surface area (Å²) in [4.78, 5) is 2.64. The Kier molecular flexibility index (Phi) is 5.70. The number of hydrogen-bond donors (Lipinski definition) is 1. The van der Waals surface area contributed by atoms with Crippen molar-refractivity contribution in [2.75, 3.05) is 0 Å². The van der Waals surface area contributed by atoms with Crippen LogP contribution < -0.4 is 10.1 Å². The van der Waals surface area contributed by atoms with Crippen LogP contribution in [-0.2, 0) is 13.0 Å². The van der Waals surface area contributed by atoms with E-state index in [0.717, 1.165) is 18.5 Å². The molecule has 1 atom stereocenters. The first-order chi connectivity index (χ1) is 10.1. The molecule has 1 N–H and O–H groups in total. The molecule has 0 amide bonds. The van der Waals surface area contributed by atoms with Gasteiger partial charge in [0.05, 0.1) is 0 Å². The second-order valence-electron chi connectivity index (χ2n) is 4.78. The Hall–Kier alpha value is -1.46. The quantitative estimate of drug-likeness (QED) is 0.796. The average Bonchev–Trinajstić information content (AvgIpc) is 2.92. The molecule has 0 fully saturated rings. The SMILES string of the molecule is CCc1ccc(CNC(C)c2cccc(OC(F)F)c2)s1. The van der Waals surface area contributed by atoms with Crippen LogP contribution in [0.3, 0.4) is 0 Å². The first-order valence-electron chi connectivity index (χ1n) is 6.94. The normalized spacial score (nSPS) is 12.6. The van der Waals surface area contributed by atoms with Crippen LogP contribution in [0.1, 0.15) is 35.2 Å². The number of nitrogens with one attached hydrogen (secondary N) is 1. The molecular formula is C16H19F2NOS. The number of aryl methyl sites for hydroxylation is 1. The number of rotatable bonds is 7. The lowest BCUT2D eigenvalue weighted by molar-refractivity contribution is -0.0499. The molecule has 0 aliphatic rings. The van der Waals surface area contributed by atoms with Crippen molar-refractivity contribution in [2.45, 2.75) is 39.5 Å². The minimum absolute atomic E-state index is 0.0680. The van der Waals surface area contributed by atoms with Crippen LogP contribution in [0.2, 0.25) is 0 Å². The maximum Gasteiger partial charge on any atom is 0.387 e. The highest BCUT2D eigenvalue weighted by Gasteiger charge is 2.09. The second-order valence-corrected chi connectivity index (χ2v) is 6.03. The summed E-state index contributed by atoms with van der Waals surface area (Å²) in [6, 6.07) is 11.2. The zero-order chi connectivity index (χ0) is 15.2. The standard InChI is InChI=1S/C16H19F2NOS/c1-3-14-7-8-15(21-14)10-19-11(2)12-5-4-6-13(9-12)20-16(17)18/h4-9,11,16,19H,3,10H2,1-2H3. The number of ether oxygens (including phenoxy) is 1. The van der Waals surface area contributed by atoms with Gasteiger partial charge in [-0.3, -0.25) is 0 Å². The Morgan fingerprint density at radius 1 is 1.19 bits per heavy atom. The molecule has 2 rings (SSSR count). The number of thiophene rings is 1. The summed E-state index contributed by atoms with van der Waals surface area (Å²) in [5.74, 6) is 0.195. The monoisotopic (exact) mass is 311 g/mol. The maximum absolute atomic E-state index is 12.2. The van der Waals surface area contributed by atoms with Gasteiger partial charge >= 0.3 is 6.61 Å². The van der Waals surface area contributed by atoms with Crippen LogP contribution in [0.25, 0.3) is 0 Å². The van der Waals surface area contributed by atoms with Gasteiger partial charge in [-0.05, 0) is 43.2 Å². The molecule has 0 bridgehead atoms. The molecular weight excluding hydrogens is 292 g/mol. The van der Waals surface area contributed by atoms with Crippen molar-refractivity contribution in [1.29, 1.82) is 0 Å². The van der Waals surface area contributed by atoms with Gasteiger partial charge in [0.15, 0.2) is 0 Å². The summed E-state index contributed by atoms with van der Waals surface area (Å²) in [6.45, 7) is 2.13. The van der Waals surface area contributed by atoms with Crippen molar-refractivity contribution in [3.8, 4) is 5.75 Å². The van der Waals surface area contributed by atoms with Gasteiger partial charge in [-0.25, -0.2) is 0 Å². The van der Waals surface area contributed by atoms with Gasteiger partial charge in [-0.15, -0.1) is 11.3 Å². The Morgan fingerprint density at radius 3 is 2.62 bits per heavy atom. The highest BCUT2D eigenvalue weighted by atomic mass is 32.1. The van der Waals surface area contributed by atoms with E-state index in [2.05, 4.69) is 29.1 Å². The maximum atomic E-state index is 12.2. The summed E-state index contributed by atoms with van der Waals surface area (Å²) in [6.07, 6.45) is 1.05. The molecule has 21 heavy (non-hydrogen) atoms. The van der Waals surface area contributed by atoms with Crippen LogP contribution in [0.4, 0.5) is 8.78 Å². The zero-order valence-corrected chi connectivity index (χ0v) is 12.9. The minimum Gasteiger partial charge on any atom is -0.435 e. The summed E-state index contributed by atoms with van der Waals surface area (Å²) in [7, 11) is 0. The van der Waals surface area contributed by atoms with Gasteiger partial charge in [0, 0.05) is 22.3 Å². The highest BCUT2D eigenvalue weighted by molar-refractivity contribution is 7.11. The largest absolute Gasteiger partial charge is 0.435 e. The number of halogens is 2. The van der Waals surface area contributed by atoms with Crippen molar-refractivity contribution in [2.24, 2.45) is 0 Å². The van der Waals surface area contributed by atoms with Crippen LogP contribution in [-0.4, -0.2) is 6.61 Å². The number of hydrogen-bond acceptors (Lipinski definition) is 3. The molecule has 0 aliphatic carbocycles. The minimum atomic E-state index is -2.79. The Labute approximate surface area is 127 Å². The lowest BCUT2D eigenvalue weighted by Crippen LogP contribution is -2.17. The molecule has 114 valence electrons. The van der Waals surface area contributed by atoms with Crippen molar-refractivity contribution >= 4 is 11.3 Å². The lowest BCUT2D eigenvalue weighted by Gasteiger charge is -2.15. The average molecular weight is 311 g/mol. The van der Waals surface area contributed by atoms with Crippen LogP contribution in [0, 0.1) is 0 Å². The zero-order valence-electron chi connectivity index (χ0n) is 12.1. The summed E-state index contributed by atoms with van der Waals surface area (Å²) in [5, 5.41) is 3.40. The fourth-order valence-electron chi connectivity index (χ4n) is 2.04. The molecule has 1 aromatic carbocycles. The fourth-order valence-corrected chi connectivity index (χ4v) is 2.95. The topological polar surface area (TPSA) is 21.3 Å². The molecule has 2 aromatic rings. The molecule has 0 saturated heterocycles. The highest BCUT2D eigenvalue weighted by Crippen LogP contribution is 2.22. The summed E-state index contributed by atoms with van der Waals surface area (Å²) >= 11 is 1.80. The summed E-state index contributed by atoms with van der Waals surface area (Å²) < 4.78 is 28.9. The Bertz CT molecular complexity index is 571. The van der Waals surface area contributed by atoms with E-state index in [0.29, 0.717) is 0 Å². The molecule has 1 aromatic heterocycles. The van der Waals surface area contributed by atoms with Gasteiger partial charge < -0.3 is 10.1 Å². The van der Waals surface area contributed by atoms with E-state index in [1.807, 2.05) is 13.0 Å². The van der Waals surface area contributed by atoms with Gasteiger partial charge in [0.2, 0.25) is 0 Å². The van der Waals surface area contributed by atoms with E-state index < -0.39 is 6.61 Å². The van der Waals surface area contributed by atoms with E-state index in [9.17, 15) is 8.78 Å². The Balaban J connectivity index is 1.94. The molecule has 2 nitrogen and oxygen atoms in total. The van der Waals surface area contributed by atoms with Crippen LogP contribution >= 0.6 is 11.3 Å². The summed E-state index contributed by atoms with van der Waals surface area (Å²) in [5.41, 5.74) is 0.931. The number of alkyl halides is 2. The van der Waals surface area contributed by atoms with Crippen LogP contribution in [0.15, 0.2) is 36.4 Å². The lowest BCUT2D eigenvalue weighted by atomic mass is 10.1. The van der Waals surface area contributed by atoms with Crippen molar-refractivity contribution in [3.05, 3.63) is 51.7 Å². The molecule has 0 saturated carbocycles. The van der Waals surface area contributed by atoms with Gasteiger partial charge in [0.1, 0.15) is 5.75 Å². The van der Waals surface area contributed by atoms with Gasteiger partial charge in [-0.2, -0.15) is 8.78 Å². The predicted molar refractivity (Wildman–Crippen MR) is 82.0 cm³/mol. The third-order valence-electron chi connectivity index (χ3n) is 3.23. The van der Waals surface area contributed by atoms with E-state index >= 15 is 0 Å². The van der Waals surface area contributed by atoms with E-state index in [1.165, 1.54) is 15.8 Å². The molecule has 0 aliphatic heterocycles. The fraction of sp³-hybridized carbons (Fsp3) is 0.375. The Morgan fingerprint density at radius 2 is 1.95 bits per heavy atom. The first-order valence-corrected chi connectivity index (χ1v) is 7.76. The van der Waals surface area contributed by atoms with Gasteiger partial charge in [0.25, 0.3) is 0 Å². The van der Waals surface area contributed by atoms with Gasteiger partial charge in [-0.1, -0.05) is 19.1 Å². The van der Waals surface area contributed by atoms with E-state index in [1.54, 1.807) is 23.5 Å². The smallest absolute Gasteiger partial charge is 0.387 e. The second kappa shape index (κ2) is 7.52. The third kappa shape index (κ3) is 4.79. The van der Waals surface area contributed by atoms with Crippen molar-refractivity contribution < 1.29 is 13.5 Å². The third-order valence-corrected chi connectivity index (χ3v) is 4.46. The van der Waals surface area contributed by atoms with E-state index in [4.69, 9.17) is 0 Å². The molecule has 1 unspecified atom stereocenters.